The topological polar surface area (TPSA) is 111 Å². The molecule has 0 saturated heterocycles. The van der Waals surface area contributed by atoms with Crippen molar-refractivity contribution in [1.29, 1.82) is 0 Å². The lowest BCUT2D eigenvalue weighted by Gasteiger charge is -2.30. The van der Waals surface area contributed by atoms with Crippen LogP contribution in [0.3, 0.4) is 0 Å². The van der Waals surface area contributed by atoms with Crippen LogP contribution in [-0.4, -0.2) is 15.6 Å². The van der Waals surface area contributed by atoms with Crippen LogP contribution in [0.5, 0.6) is 0 Å². The van der Waals surface area contributed by atoms with E-state index in [0.717, 1.165) is 31.0 Å². The van der Waals surface area contributed by atoms with Crippen LogP contribution in [0.2, 0.25) is 0 Å². The van der Waals surface area contributed by atoms with Gasteiger partial charge in [-0.2, -0.15) is 5.10 Å². The maximum absolute atomic E-state index is 11.2. The highest BCUT2D eigenvalue weighted by Crippen LogP contribution is 2.33. The number of nitrogens with one attached hydrogen (secondary N) is 1. The summed E-state index contributed by atoms with van der Waals surface area (Å²) in [6, 6.07) is 3.52. The maximum Gasteiger partial charge on any atom is 0.301 e. The number of hydrazone groups is 1. The van der Waals surface area contributed by atoms with Crippen molar-refractivity contribution in [1.82, 2.24) is 0 Å². The van der Waals surface area contributed by atoms with Crippen LogP contribution in [0, 0.1) is 38.0 Å². The predicted molar refractivity (Wildman–Crippen MR) is 92.2 cm³/mol. The van der Waals surface area contributed by atoms with Gasteiger partial charge in [0.15, 0.2) is 0 Å². The van der Waals surface area contributed by atoms with Crippen LogP contribution in [0.25, 0.3) is 0 Å². The van der Waals surface area contributed by atoms with E-state index in [2.05, 4.69) is 31.3 Å². The lowest BCUT2D eigenvalue weighted by atomic mass is 9.76. The van der Waals surface area contributed by atoms with E-state index >= 15 is 0 Å². The second-order valence-electron chi connectivity index (χ2n) is 6.67. The molecule has 1 fully saturated rings. The Bertz CT molecular complexity index is 672. The minimum Gasteiger partial charge on any atom is -0.272 e. The van der Waals surface area contributed by atoms with Gasteiger partial charge in [0, 0.05) is 17.7 Å². The SMILES string of the molecule is CC1CCC(C(C)C)/C(=N/Nc2ccc([N+](=O)[O-])cc2[N+](=O)[O-])C1. The molecule has 1 N–H and O–H groups in total. The van der Waals surface area contributed by atoms with E-state index in [1.165, 1.54) is 12.1 Å². The van der Waals surface area contributed by atoms with Gasteiger partial charge in [-0.25, -0.2) is 0 Å². The highest BCUT2D eigenvalue weighted by Gasteiger charge is 2.27. The quantitative estimate of drug-likeness (QED) is 0.635. The maximum atomic E-state index is 11.2. The number of nitro benzene ring substituents is 2. The van der Waals surface area contributed by atoms with Crippen molar-refractivity contribution in [3.05, 3.63) is 38.4 Å². The minimum atomic E-state index is -0.652. The molecular formula is C16H22N4O4. The first-order valence-electron chi connectivity index (χ1n) is 8.05. The second-order valence-corrected chi connectivity index (χ2v) is 6.67. The summed E-state index contributed by atoms with van der Waals surface area (Å²) in [7, 11) is 0. The zero-order valence-electron chi connectivity index (χ0n) is 14.1. The summed E-state index contributed by atoms with van der Waals surface area (Å²) in [5.41, 5.74) is 3.27. The average Bonchev–Trinajstić information content (AvgIpc) is 2.52. The zero-order valence-corrected chi connectivity index (χ0v) is 14.1. The summed E-state index contributed by atoms with van der Waals surface area (Å²) in [6.07, 6.45) is 3.07. The van der Waals surface area contributed by atoms with Crippen molar-refractivity contribution in [2.75, 3.05) is 5.43 Å². The first-order chi connectivity index (χ1) is 11.3. The molecule has 1 aliphatic carbocycles. The molecule has 1 aromatic carbocycles. The van der Waals surface area contributed by atoms with E-state index in [9.17, 15) is 20.2 Å². The van der Waals surface area contributed by atoms with Gasteiger partial charge in [-0.3, -0.25) is 25.7 Å². The van der Waals surface area contributed by atoms with Gasteiger partial charge in [-0.05, 0) is 37.2 Å². The fourth-order valence-corrected chi connectivity index (χ4v) is 3.10. The van der Waals surface area contributed by atoms with Crippen LogP contribution in [0.4, 0.5) is 17.1 Å². The third-order valence-corrected chi connectivity index (χ3v) is 4.47. The third-order valence-electron chi connectivity index (χ3n) is 4.47. The Labute approximate surface area is 140 Å². The Morgan fingerprint density at radius 2 is 1.92 bits per heavy atom. The molecule has 8 heteroatoms. The first-order valence-corrected chi connectivity index (χ1v) is 8.05. The monoisotopic (exact) mass is 334 g/mol. The molecular weight excluding hydrogens is 312 g/mol. The summed E-state index contributed by atoms with van der Waals surface area (Å²) < 4.78 is 0. The third kappa shape index (κ3) is 4.06. The Hall–Kier alpha value is -2.51. The number of non-ortho nitro benzene ring substituents is 1. The molecule has 24 heavy (non-hydrogen) atoms. The number of hydrogen-bond donors (Lipinski definition) is 1. The molecule has 2 rings (SSSR count). The smallest absolute Gasteiger partial charge is 0.272 e. The highest BCUT2D eigenvalue weighted by molar-refractivity contribution is 5.88. The summed E-state index contributed by atoms with van der Waals surface area (Å²) >= 11 is 0. The van der Waals surface area contributed by atoms with Crippen LogP contribution < -0.4 is 5.43 Å². The Morgan fingerprint density at radius 3 is 2.50 bits per heavy atom. The fourth-order valence-electron chi connectivity index (χ4n) is 3.10. The Kier molecular flexibility index (Phi) is 5.48. The molecule has 8 nitrogen and oxygen atoms in total. The number of rotatable bonds is 5. The normalized spacial score (nSPS) is 22.6. The van der Waals surface area contributed by atoms with Crippen molar-refractivity contribution in [3.63, 3.8) is 0 Å². The van der Waals surface area contributed by atoms with Gasteiger partial charge in [-0.15, -0.1) is 0 Å². The van der Waals surface area contributed by atoms with Crippen LogP contribution in [-0.2, 0) is 0 Å². The summed E-state index contributed by atoms with van der Waals surface area (Å²) in [5, 5.41) is 26.4. The van der Waals surface area contributed by atoms with Crippen molar-refractivity contribution in [3.8, 4) is 0 Å². The number of hydrogen-bond acceptors (Lipinski definition) is 6. The zero-order chi connectivity index (χ0) is 17.9. The van der Waals surface area contributed by atoms with Crippen LogP contribution >= 0.6 is 0 Å². The molecule has 130 valence electrons. The van der Waals surface area contributed by atoms with Gasteiger partial charge in [0.2, 0.25) is 0 Å². The molecule has 0 bridgehead atoms. The highest BCUT2D eigenvalue weighted by atomic mass is 16.6. The predicted octanol–water partition coefficient (Wildman–Crippen LogP) is 4.36. The van der Waals surface area contributed by atoms with Crippen molar-refractivity contribution < 1.29 is 9.85 Å². The van der Waals surface area contributed by atoms with E-state index < -0.39 is 9.85 Å². The van der Waals surface area contributed by atoms with E-state index in [0.29, 0.717) is 17.8 Å². The Balaban J connectivity index is 2.29. The van der Waals surface area contributed by atoms with Crippen LogP contribution in [0.15, 0.2) is 23.3 Å². The van der Waals surface area contributed by atoms with E-state index in [4.69, 9.17) is 0 Å². The summed E-state index contributed by atoms with van der Waals surface area (Å²) in [4.78, 5) is 20.7. The number of nitro groups is 2. The molecule has 0 radical (unpaired) electrons. The van der Waals surface area contributed by atoms with E-state index in [1.807, 2.05) is 0 Å². The number of anilines is 1. The molecule has 1 aromatic rings. The van der Waals surface area contributed by atoms with Crippen molar-refractivity contribution in [2.45, 2.75) is 40.0 Å². The summed E-state index contributed by atoms with van der Waals surface area (Å²) in [6.45, 7) is 6.45. The largest absolute Gasteiger partial charge is 0.301 e. The lowest BCUT2D eigenvalue weighted by molar-refractivity contribution is -0.393. The second kappa shape index (κ2) is 7.37. The van der Waals surface area contributed by atoms with Gasteiger partial charge in [0.1, 0.15) is 5.69 Å². The average molecular weight is 334 g/mol. The van der Waals surface area contributed by atoms with Gasteiger partial charge in [0.05, 0.1) is 15.9 Å². The van der Waals surface area contributed by atoms with Crippen molar-refractivity contribution >= 4 is 22.8 Å². The first kappa shape index (κ1) is 17.8. The van der Waals surface area contributed by atoms with Gasteiger partial charge >= 0.3 is 5.69 Å². The standard InChI is InChI=1S/C16H22N4O4/c1-10(2)13-6-4-11(3)8-15(13)18-17-14-7-5-12(19(21)22)9-16(14)20(23)24/h5,7,9-11,13,17H,4,6,8H2,1-3H3/b18-15+. The summed E-state index contributed by atoms with van der Waals surface area (Å²) in [5.74, 6) is 1.34. The van der Waals surface area contributed by atoms with Gasteiger partial charge < -0.3 is 0 Å². The minimum absolute atomic E-state index is 0.166. The fraction of sp³-hybridized carbons (Fsp3) is 0.562. The van der Waals surface area contributed by atoms with Gasteiger partial charge in [-0.1, -0.05) is 20.8 Å². The molecule has 1 aliphatic rings. The molecule has 1 saturated carbocycles. The molecule has 0 heterocycles. The molecule has 0 aliphatic heterocycles. The van der Waals surface area contributed by atoms with E-state index in [1.54, 1.807) is 0 Å². The molecule has 0 amide bonds. The molecule has 0 spiro atoms. The molecule has 0 aromatic heterocycles. The van der Waals surface area contributed by atoms with E-state index in [-0.39, 0.29) is 17.1 Å². The number of nitrogens with zero attached hydrogens (tertiary/aromatic N) is 3. The molecule has 2 atom stereocenters. The molecule has 2 unspecified atom stereocenters. The Morgan fingerprint density at radius 1 is 1.21 bits per heavy atom. The van der Waals surface area contributed by atoms with Crippen molar-refractivity contribution in [2.24, 2.45) is 22.9 Å². The van der Waals surface area contributed by atoms with Gasteiger partial charge in [0.25, 0.3) is 5.69 Å². The lowest BCUT2D eigenvalue weighted by Crippen LogP contribution is -2.28. The van der Waals surface area contributed by atoms with Crippen LogP contribution in [0.1, 0.15) is 40.0 Å². The number of benzene rings is 1.